The van der Waals surface area contributed by atoms with Gasteiger partial charge in [-0.1, -0.05) is 18.9 Å². The van der Waals surface area contributed by atoms with Gasteiger partial charge in [0.15, 0.2) is 0 Å². The zero-order chi connectivity index (χ0) is 8.55. The number of carbonyl (C=O) groups is 1. The number of carboxylic acid groups (broad SMARTS) is 1. The Morgan fingerprint density at radius 2 is 2.33 bits per heavy atom. The highest BCUT2D eigenvalue weighted by molar-refractivity contribution is 5.87. The van der Waals surface area contributed by atoms with Crippen molar-refractivity contribution in [2.45, 2.75) is 32.1 Å². The van der Waals surface area contributed by atoms with E-state index in [1.54, 1.807) is 0 Å². The van der Waals surface area contributed by atoms with E-state index in [9.17, 15) is 4.79 Å². The maximum Gasteiger partial charge on any atom is 0.331 e. The van der Waals surface area contributed by atoms with Gasteiger partial charge in [-0.25, -0.2) is 4.79 Å². The molecule has 0 spiro atoms. The maximum atomic E-state index is 10.8. The summed E-state index contributed by atoms with van der Waals surface area (Å²) in [4.78, 5) is 10.8. The summed E-state index contributed by atoms with van der Waals surface area (Å²) in [6.45, 7) is 0. The molecule has 0 aromatic carbocycles. The Labute approximate surface area is 72.3 Å². The molecule has 1 fully saturated rings. The van der Waals surface area contributed by atoms with Crippen molar-refractivity contribution in [3.8, 4) is 0 Å². The highest BCUT2D eigenvalue weighted by atomic mass is 16.4. The van der Waals surface area contributed by atoms with E-state index in [2.05, 4.69) is 0 Å². The van der Waals surface area contributed by atoms with Gasteiger partial charge in [0.2, 0.25) is 0 Å². The van der Waals surface area contributed by atoms with Gasteiger partial charge in [0.25, 0.3) is 0 Å². The molecule has 0 radical (unpaired) electrons. The van der Waals surface area contributed by atoms with Gasteiger partial charge in [-0.2, -0.15) is 0 Å². The van der Waals surface area contributed by atoms with E-state index in [1.807, 2.05) is 6.08 Å². The van der Waals surface area contributed by atoms with E-state index in [-0.39, 0.29) is 0 Å². The molecule has 2 rings (SSSR count). The summed E-state index contributed by atoms with van der Waals surface area (Å²) in [6.07, 6.45) is 7.69. The van der Waals surface area contributed by atoms with Crippen molar-refractivity contribution in [3.63, 3.8) is 0 Å². The van der Waals surface area contributed by atoms with Crippen LogP contribution in [0.3, 0.4) is 0 Å². The average Bonchev–Trinajstić information content (AvgIpc) is 2.04. The zero-order valence-electron chi connectivity index (χ0n) is 7.12. The lowest BCUT2D eigenvalue weighted by Gasteiger charge is -2.32. The van der Waals surface area contributed by atoms with Crippen molar-refractivity contribution in [2.75, 3.05) is 0 Å². The molecule has 1 saturated carbocycles. The summed E-state index contributed by atoms with van der Waals surface area (Å²) in [5, 5.41) is 8.88. The molecule has 0 aromatic rings. The lowest BCUT2D eigenvalue weighted by Crippen LogP contribution is -2.24. The van der Waals surface area contributed by atoms with Gasteiger partial charge in [-0.15, -0.1) is 0 Å². The molecule has 2 aliphatic rings. The Bertz CT molecular complexity index is 230. The minimum atomic E-state index is -0.694. The normalized spacial score (nSPS) is 34.2. The minimum Gasteiger partial charge on any atom is -0.478 e. The van der Waals surface area contributed by atoms with Crippen molar-refractivity contribution in [1.82, 2.24) is 0 Å². The van der Waals surface area contributed by atoms with Crippen LogP contribution in [0, 0.1) is 11.8 Å². The molecular formula is C10H14O2. The van der Waals surface area contributed by atoms with Gasteiger partial charge in [0.1, 0.15) is 0 Å². The molecule has 2 heteroatoms. The quantitative estimate of drug-likeness (QED) is 0.648. The molecule has 2 atom stereocenters. The van der Waals surface area contributed by atoms with Crippen LogP contribution in [-0.2, 0) is 4.79 Å². The zero-order valence-corrected chi connectivity index (χ0v) is 7.12. The Kier molecular flexibility index (Phi) is 1.91. The number of fused-ring (bicyclic) bond motifs is 2. The van der Waals surface area contributed by atoms with Crippen LogP contribution in [0.25, 0.3) is 0 Å². The molecule has 0 heterocycles. The predicted octanol–water partition coefficient (Wildman–Crippen LogP) is 2.21. The van der Waals surface area contributed by atoms with Crippen LogP contribution >= 0.6 is 0 Å². The molecule has 0 aromatic heterocycles. The summed E-state index contributed by atoms with van der Waals surface area (Å²) >= 11 is 0. The average molecular weight is 166 g/mol. The van der Waals surface area contributed by atoms with Gasteiger partial charge >= 0.3 is 5.97 Å². The first-order valence-electron chi connectivity index (χ1n) is 4.70. The van der Waals surface area contributed by atoms with Gasteiger partial charge in [0, 0.05) is 5.57 Å². The first-order chi connectivity index (χ1) is 5.77. The van der Waals surface area contributed by atoms with Crippen molar-refractivity contribution in [1.29, 1.82) is 0 Å². The molecule has 2 unspecified atom stereocenters. The fourth-order valence-corrected chi connectivity index (χ4v) is 2.51. The van der Waals surface area contributed by atoms with E-state index in [1.165, 1.54) is 12.8 Å². The van der Waals surface area contributed by atoms with E-state index in [0.29, 0.717) is 11.5 Å². The maximum absolute atomic E-state index is 10.8. The summed E-state index contributed by atoms with van der Waals surface area (Å²) in [6, 6.07) is 0. The molecule has 2 bridgehead atoms. The third-order valence-electron chi connectivity index (χ3n) is 3.14. The third-order valence-corrected chi connectivity index (χ3v) is 3.14. The van der Waals surface area contributed by atoms with Crippen molar-refractivity contribution in [3.05, 3.63) is 11.6 Å². The molecular weight excluding hydrogens is 152 g/mol. The second-order valence-electron chi connectivity index (χ2n) is 3.93. The van der Waals surface area contributed by atoms with Crippen LogP contribution in [0.2, 0.25) is 0 Å². The first-order valence-corrected chi connectivity index (χ1v) is 4.70. The Balaban J connectivity index is 2.19. The monoisotopic (exact) mass is 166 g/mol. The third kappa shape index (κ3) is 1.26. The van der Waals surface area contributed by atoms with Crippen LogP contribution in [0.4, 0.5) is 0 Å². The Hall–Kier alpha value is -0.790. The second kappa shape index (κ2) is 2.92. The van der Waals surface area contributed by atoms with Crippen LogP contribution < -0.4 is 0 Å². The molecule has 0 saturated heterocycles. The van der Waals surface area contributed by atoms with Gasteiger partial charge in [0.05, 0.1) is 0 Å². The summed E-state index contributed by atoms with van der Waals surface area (Å²) in [5.41, 5.74) is 0.686. The van der Waals surface area contributed by atoms with Crippen LogP contribution in [0.5, 0.6) is 0 Å². The Morgan fingerprint density at radius 3 is 3.08 bits per heavy atom. The molecule has 2 nitrogen and oxygen atoms in total. The fraction of sp³-hybridized carbons (Fsp3) is 0.700. The minimum absolute atomic E-state index is 0.370. The molecule has 66 valence electrons. The molecule has 12 heavy (non-hydrogen) atoms. The number of carboxylic acids is 1. The standard InChI is InChI=1S/C10H14O2/c11-10(12)9-5-4-7-2-1-3-8(9)6-7/h5,7-8H,1-4,6H2,(H,11,12). The topological polar surface area (TPSA) is 37.3 Å². The number of rotatable bonds is 1. The van der Waals surface area contributed by atoms with E-state index in [0.717, 1.165) is 25.2 Å². The number of aliphatic carboxylic acids is 1. The van der Waals surface area contributed by atoms with E-state index >= 15 is 0 Å². The lowest BCUT2D eigenvalue weighted by atomic mass is 9.72. The molecule has 1 N–H and O–H groups in total. The van der Waals surface area contributed by atoms with E-state index in [4.69, 9.17) is 5.11 Å². The predicted molar refractivity (Wildman–Crippen MR) is 45.8 cm³/mol. The fourth-order valence-electron chi connectivity index (χ4n) is 2.51. The second-order valence-corrected chi connectivity index (χ2v) is 3.93. The van der Waals surface area contributed by atoms with Gasteiger partial charge in [-0.05, 0) is 31.1 Å². The number of allylic oxidation sites excluding steroid dienone is 1. The van der Waals surface area contributed by atoms with Gasteiger partial charge < -0.3 is 5.11 Å². The molecule has 0 aliphatic heterocycles. The van der Waals surface area contributed by atoms with Crippen LogP contribution in [0.1, 0.15) is 32.1 Å². The number of hydrogen-bond donors (Lipinski definition) is 1. The molecule has 0 amide bonds. The summed E-state index contributed by atoms with van der Waals surface area (Å²) in [5.74, 6) is 0.460. The summed E-state index contributed by atoms with van der Waals surface area (Å²) < 4.78 is 0. The smallest absolute Gasteiger partial charge is 0.331 e. The van der Waals surface area contributed by atoms with Crippen LogP contribution in [0.15, 0.2) is 11.6 Å². The highest BCUT2D eigenvalue weighted by Gasteiger charge is 2.30. The first kappa shape index (κ1) is 7.84. The SMILES string of the molecule is O=C(O)C1=CCC2CCCC1C2. The van der Waals surface area contributed by atoms with E-state index < -0.39 is 5.97 Å². The van der Waals surface area contributed by atoms with Crippen molar-refractivity contribution >= 4 is 5.97 Å². The van der Waals surface area contributed by atoms with Crippen LogP contribution in [-0.4, -0.2) is 11.1 Å². The summed E-state index contributed by atoms with van der Waals surface area (Å²) in [7, 11) is 0. The highest BCUT2D eigenvalue weighted by Crippen LogP contribution is 2.39. The molecule has 2 aliphatic carbocycles. The van der Waals surface area contributed by atoms with Crippen molar-refractivity contribution in [2.24, 2.45) is 11.8 Å². The Morgan fingerprint density at radius 1 is 1.50 bits per heavy atom. The van der Waals surface area contributed by atoms with Crippen molar-refractivity contribution < 1.29 is 9.90 Å². The lowest BCUT2D eigenvalue weighted by molar-refractivity contribution is -0.133. The largest absolute Gasteiger partial charge is 0.478 e. The number of hydrogen-bond acceptors (Lipinski definition) is 1. The van der Waals surface area contributed by atoms with Gasteiger partial charge in [-0.3, -0.25) is 0 Å².